The Balaban J connectivity index is 2.36. The van der Waals surface area contributed by atoms with Crippen LogP contribution in [0.4, 0.5) is 0 Å². The van der Waals surface area contributed by atoms with Crippen LogP contribution in [-0.4, -0.2) is 21.3 Å². The summed E-state index contributed by atoms with van der Waals surface area (Å²) in [6, 6.07) is 6.08. The normalized spacial score (nSPS) is 11.1. The molecule has 0 atom stereocenters. The Kier molecular flexibility index (Phi) is 4.43. The molecule has 0 spiro atoms. The molecule has 1 aromatic heterocycles. The summed E-state index contributed by atoms with van der Waals surface area (Å²) in [4.78, 5) is 15.5. The first kappa shape index (κ1) is 13.9. The molecule has 19 heavy (non-hydrogen) atoms. The van der Waals surface area contributed by atoms with Crippen molar-refractivity contribution in [3.63, 3.8) is 0 Å². The number of nitrogens with zero attached hydrogens (tertiary/aromatic N) is 2. The number of halogens is 1. The number of fused-ring (bicyclic) bond motifs is 1. The lowest BCUT2D eigenvalue weighted by atomic mass is 10.2. The molecule has 0 aliphatic carbocycles. The number of imidazole rings is 1. The summed E-state index contributed by atoms with van der Waals surface area (Å²) in [6.07, 6.45) is 1.85. The number of para-hydroxylation sites is 1. The van der Waals surface area contributed by atoms with Gasteiger partial charge in [-0.3, -0.25) is 4.79 Å². The highest BCUT2D eigenvalue weighted by molar-refractivity contribution is 6.17. The van der Waals surface area contributed by atoms with Crippen molar-refractivity contribution in [3.05, 3.63) is 29.6 Å². The summed E-state index contributed by atoms with van der Waals surface area (Å²) in [6.45, 7) is 2.82. The fourth-order valence-corrected chi connectivity index (χ4v) is 2.51. The zero-order valence-corrected chi connectivity index (χ0v) is 11.8. The SMILES string of the molecule is Cc1cccc2nc(CCCl)n(CCCC(N)=O)c12. The molecule has 5 heteroatoms. The average molecular weight is 280 g/mol. The van der Waals surface area contributed by atoms with E-state index in [0.717, 1.165) is 36.2 Å². The lowest BCUT2D eigenvalue weighted by Crippen LogP contribution is -2.12. The molecule has 2 rings (SSSR count). The monoisotopic (exact) mass is 279 g/mol. The molecular formula is C14H18ClN3O. The highest BCUT2D eigenvalue weighted by atomic mass is 35.5. The van der Waals surface area contributed by atoms with Crippen molar-refractivity contribution in [2.75, 3.05) is 5.88 Å². The standard InChI is InChI=1S/C14H18ClN3O/c1-10-4-2-5-11-14(10)18(9-3-6-12(16)19)13(17-11)7-8-15/h2,4-5H,3,6-9H2,1H3,(H2,16,19). The van der Waals surface area contributed by atoms with Gasteiger partial charge >= 0.3 is 0 Å². The van der Waals surface area contributed by atoms with Gasteiger partial charge in [0.1, 0.15) is 5.82 Å². The van der Waals surface area contributed by atoms with Crippen molar-refractivity contribution in [1.29, 1.82) is 0 Å². The minimum Gasteiger partial charge on any atom is -0.370 e. The first-order valence-electron chi connectivity index (χ1n) is 6.42. The summed E-state index contributed by atoms with van der Waals surface area (Å²) < 4.78 is 2.16. The number of hydrogen-bond donors (Lipinski definition) is 1. The van der Waals surface area contributed by atoms with Gasteiger partial charge in [-0.15, -0.1) is 11.6 Å². The van der Waals surface area contributed by atoms with E-state index in [4.69, 9.17) is 17.3 Å². The first-order valence-corrected chi connectivity index (χ1v) is 6.96. The second-order valence-corrected chi connectivity index (χ2v) is 5.01. The Morgan fingerprint density at radius 3 is 2.95 bits per heavy atom. The smallest absolute Gasteiger partial charge is 0.217 e. The Morgan fingerprint density at radius 2 is 2.26 bits per heavy atom. The van der Waals surface area contributed by atoms with E-state index in [1.165, 1.54) is 5.56 Å². The van der Waals surface area contributed by atoms with Gasteiger partial charge in [-0.25, -0.2) is 4.98 Å². The minimum absolute atomic E-state index is 0.264. The quantitative estimate of drug-likeness (QED) is 0.826. The maximum atomic E-state index is 10.8. The van der Waals surface area contributed by atoms with Crippen LogP contribution in [0.2, 0.25) is 0 Å². The van der Waals surface area contributed by atoms with Gasteiger partial charge in [0.2, 0.25) is 5.91 Å². The van der Waals surface area contributed by atoms with Gasteiger partial charge in [-0.2, -0.15) is 0 Å². The van der Waals surface area contributed by atoms with E-state index in [-0.39, 0.29) is 5.91 Å². The van der Waals surface area contributed by atoms with Crippen molar-refractivity contribution >= 4 is 28.5 Å². The van der Waals surface area contributed by atoms with E-state index in [0.29, 0.717) is 12.3 Å². The van der Waals surface area contributed by atoms with Crippen molar-refractivity contribution in [2.24, 2.45) is 5.73 Å². The van der Waals surface area contributed by atoms with Gasteiger partial charge in [0, 0.05) is 25.3 Å². The highest BCUT2D eigenvalue weighted by Gasteiger charge is 2.12. The van der Waals surface area contributed by atoms with Crippen LogP contribution in [0.5, 0.6) is 0 Å². The molecule has 1 aromatic carbocycles. The predicted octanol–water partition coefficient (Wildman–Crippen LogP) is 2.39. The van der Waals surface area contributed by atoms with Crippen LogP contribution in [0.3, 0.4) is 0 Å². The van der Waals surface area contributed by atoms with Crippen molar-refractivity contribution in [3.8, 4) is 0 Å². The van der Waals surface area contributed by atoms with Crippen LogP contribution in [0.25, 0.3) is 11.0 Å². The van der Waals surface area contributed by atoms with Crippen LogP contribution in [0, 0.1) is 6.92 Å². The molecule has 0 aliphatic heterocycles. The van der Waals surface area contributed by atoms with Crippen molar-refractivity contribution < 1.29 is 4.79 Å². The molecule has 2 N–H and O–H groups in total. The minimum atomic E-state index is -0.264. The Labute approximate surface area is 117 Å². The number of primary amides is 1. The van der Waals surface area contributed by atoms with Gasteiger partial charge in [0.25, 0.3) is 0 Å². The zero-order chi connectivity index (χ0) is 13.8. The number of aryl methyl sites for hydroxylation is 3. The number of aromatic nitrogens is 2. The third kappa shape index (κ3) is 3.07. The second-order valence-electron chi connectivity index (χ2n) is 4.63. The van der Waals surface area contributed by atoms with Crippen molar-refractivity contribution in [1.82, 2.24) is 9.55 Å². The number of carbonyl (C=O) groups excluding carboxylic acids is 1. The maximum Gasteiger partial charge on any atom is 0.217 e. The summed E-state index contributed by atoms with van der Waals surface area (Å²) in [5, 5.41) is 0. The molecule has 0 saturated heterocycles. The number of rotatable bonds is 6. The number of carbonyl (C=O) groups is 1. The van der Waals surface area contributed by atoms with Gasteiger partial charge in [0.15, 0.2) is 0 Å². The largest absolute Gasteiger partial charge is 0.370 e. The molecule has 102 valence electrons. The molecule has 0 aliphatic rings. The molecule has 2 aromatic rings. The molecule has 1 heterocycles. The molecule has 0 bridgehead atoms. The topological polar surface area (TPSA) is 60.9 Å². The number of alkyl halides is 1. The number of nitrogens with two attached hydrogens (primary N) is 1. The molecule has 0 radical (unpaired) electrons. The average Bonchev–Trinajstić information content (AvgIpc) is 2.69. The van der Waals surface area contributed by atoms with Gasteiger partial charge < -0.3 is 10.3 Å². The van der Waals surface area contributed by atoms with Gasteiger partial charge in [-0.1, -0.05) is 12.1 Å². The molecule has 0 unspecified atom stereocenters. The first-order chi connectivity index (χ1) is 9.13. The second kappa shape index (κ2) is 6.06. The maximum absolute atomic E-state index is 10.8. The Hall–Kier alpha value is -1.55. The van der Waals surface area contributed by atoms with Crippen molar-refractivity contribution in [2.45, 2.75) is 32.7 Å². The predicted molar refractivity (Wildman–Crippen MR) is 77.3 cm³/mol. The third-order valence-corrected chi connectivity index (χ3v) is 3.36. The molecule has 4 nitrogen and oxygen atoms in total. The summed E-state index contributed by atoms with van der Waals surface area (Å²) >= 11 is 5.83. The Bertz CT molecular complexity index is 592. The van der Waals surface area contributed by atoms with Crippen LogP contribution in [0.1, 0.15) is 24.2 Å². The summed E-state index contributed by atoms with van der Waals surface area (Å²) in [7, 11) is 0. The van der Waals surface area contributed by atoms with E-state index in [1.54, 1.807) is 0 Å². The highest BCUT2D eigenvalue weighted by Crippen LogP contribution is 2.21. The van der Waals surface area contributed by atoms with E-state index < -0.39 is 0 Å². The van der Waals surface area contributed by atoms with E-state index in [9.17, 15) is 4.79 Å². The zero-order valence-electron chi connectivity index (χ0n) is 11.0. The lowest BCUT2D eigenvalue weighted by molar-refractivity contribution is -0.118. The van der Waals surface area contributed by atoms with E-state index >= 15 is 0 Å². The summed E-state index contributed by atoms with van der Waals surface area (Å²) in [5.74, 6) is 1.25. The van der Waals surface area contributed by atoms with Crippen LogP contribution in [-0.2, 0) is 17.8 Å². The van der Waals surface area contributed by atoms with Gasteiger partial charge in [-0.05, 0) is 25.0 Å². The number of hydrogen-bond acceptors (Lipinski definition) is 2. The molecule has 0 fully saturated rings. The Morgan fingerprint density at radius 1 is 1.47 bits per heavy atom. The van der Waals surface area contributed by atoms with Gasteiger partial charge in [0.05, 0.1) is 11.0 Å². The lowest BCUT2D eigenvalue weighted by Gasteiger charge is -2.09. The molecular weight excluding hydrogens is 262 g/mol. The fourth-order valence-electron chi connectivity index (χ4n) is 2.34. The number of amides is 1. The molecule has 1 amide bonds. The van der Waals surface area contributed by atoms with E-state index in [2.05, 4.69) is 22.5 Å². The molecule has 0 saturated carbocycles. The van der Waals surface area contributed by atoms with Crippen LogP contribution in [0.15, 0.2) is 18.2 Å². The fraction of sp³-hybridized carbons (Fsp3) is 0.429. The number of benzene rings is 1. The van der Waals surface area contributed by atoms with E-state index in [1.807, 2.05) is 12.1 Å². The van der Waals surface area contributed by atoms with Crippen LogP contribution < -0.4 is 5.73 Å². The van der Waals surface area contributed by atoms with Crippen LogP contribution >= 0.6 is 11.6 Å². The third-order valence-electron chi connectivity index (χ3n) is 3.17. The summed E-state index contributed by atoms with van der Waals surface area (Å²) in [5.41, 5.74) is 8.49.